The molecule has 19 heavy (non-hydrogen) atoms. The summed E-state index contributed by atoms with van der Waals surface area (Å²) in [5.41, 5.74) is 6.11. The number of hydrogen-bond donors (Lipinski definition) is 1. The lowest BCUT2D eigenvalue weighted by molar-refractivity contribution is 0.684. The third-order valence-electron chi connectivity index (χ3n) is 3.74. The second-order valence-electron chi connectivity index (χ2n) is 5.60. The van der Waals surface area contributed by atoms with Crippen molar-refractivity contribution >= 4 is 0 Å². The Bertz CT molecular complexity index is 594. The third kappa shape index (κ3) is 2.71. The van der Waals surface area contributed by atoms with Gasteiger partial charge in [-0.1, -0.05) is 6.07 Å². The van der Waals surface area contributed by atoms with E-state index in [0.29, 0.717) is 0 Å². The fourth-order valence-electron chi connectivity index (χ4n) is 2.44. The van der Waals surface area contributed by atoms with Gasteiger partial charge >= 0.3 is 0 Å². The van der Waals surface area contributed by atoms with Gasteiger partial charge in [-0.3, -0.25) is 0 Å². The minimum Gasteiger partial charge on any atom is -0.310 e. The molecule has 0 radical (unpaired) electrons. The molecule has 2 aromatic rings. The van der Waals surface area contributed by atoms with E-state index in [2.05, 4.69) is 48.5 Å². The van der Waals surface area contributed by atoms with Crippen LogP contribution in [0.15, 0.2) is 24.3 Å². The van der Waals surface area contributed by atoms with Crippen molar-refractivity contribution in [2.24, 2.45) is 0 Å². The van der Waals surface area contributed by atoms with Crippen molar-refractivity contribution in [3.05, 3.63) is 46.8 Å². The molecule has 1 N–H and O–H groups in total. The Balaban J connectivity index is 1.83. The first-order chi connectivity index (χ1) is 9.13. The van der Waals surface area contributed by atoms with E-state index in [9.17, 15) is 0 Å². The van der Waals surface area contributed by atoms with E-state index >= 15 is 0 Å². The molecule has 0 atom stereocenters. The summed E-state index contributed by atoms with van der Waals surface area (Å²) in [4.78, 5) is 0. The largest absolute Gasteiger partial charge is 0.310 e. The molecule has 1 aliphatic rings. The highest BCUT2D eigenvalue weighted by atomic mass is 15.3. The highest BCUT2D eigenvalue weighted by Crippen LogP contribution is 2.21. The SMILES string of the molecule is Cc1cc(C)n(-c2ccc(CNC3CC3)c(C)c2)n1. The highest BCUT2D eigenvalue weighted by molar-refractivity contribution is 5.41. The summed E-state index contributed by atoms with van der Waals surface area (Å²) in [6.45, 7) is 7.29. The van der Waals surface area contributed by atoms with Gasteiger partial charge in [0.15, 0.2) is 0 Å². The van der Waals surface area contributed by atoms with Gasteiger partial charge in [-0.25, -0.2) is 4.68 Å². The van der Waals surface area contributed by atoms with Crippen molar-refractivity contribution < 1.29 is 0 Å². The normalized spacial score (nSPS) is 14.9. The van der Waals surface area contributed by atoms with Crippen LogP contribution < -0.4 is 5.32 Å². The molecule has 1 heterocycles. The van der Waals surface area contributed by atoms with Gasteiger partial charge in [0, 0.05) is 18.3 Å². The average Bonchev–Trinajstić information content (AvgIpc) is 3.12. The fourth-order valence-corrected chi connectivity index (χ4v) is 2.44. The van der Waals surface area contributed by atoms with Crippen molar-refractivity contribution in [3.63, 3.8) is 0 Å². The lowest BCUT2D eigenvalue weighted by Gasteiger charge is -2.10. The van der Waals surface area contributed by atoms with Crippen LogP contribution in [0.4, 0.5) is 0 Å². The van der Waals surface area contributed by atoms with Crippen LogP contribution in [-0.4, -0.2) is 15.8 Å². The first-order valence-electron chi connectivity index (χ1n) is 7.00. The summed E-state index contributed by atoms with van der Waals surface area (Å²) >= 11 is 0. The van der Waals surface area contributed by atoms with Gasteiger partial charge < -0.3 is 5.32 Å². The third-order valence-corrected chi connectivity index (χ3v) is 3.74. The predicted octanol–water partition coefficient (Wildman–Crippen LogP) is 3.05. The van der Waals surface area contributed by atoms with E-state index in [1.807, 2.05) is 11.6 Å². The Labute approximate surface area is 114 Å². The van der Waals surface area contributed by atoms with Gasteiger partial charge in [-0.05, 0) is 62.9 Å². The maximum absolute atomic E-state index is 4.54. The molecule has 3 rings (SSSR count). The molecular formula is C16H21N3. The van der Waals surface area contributed by atoms with Crippen LogP contribution in [0.5, 0.6) is 0 Å². The summed E-state index contributed by atoms with van der Waals surface area (Å²) < 4.78 is 2.01. The summed E-state index contributed by atoms with van der Waals surface area (Å²) in [7, 11) is 0. The molecule has 0 spiro atoms. The Morgan fingerprint density at radius 2 is 2.00 bits per heavy atom. The molecule has 3 nitrogen and oxygen atoms in total. The van der Waals surface area contributed by atoms with Crippen molar-refractivity contribution in [2.75, 3.05) is 0 Å². The van der Waals surface area contributed by atoms with Gasteiger partial charge in [0.2, 0.25) is 0 Å². The van der Waals surface area contributed by atoms with Crippen LogP contribution >= 0.6 is 0 Å². The second-order valence-corrected chi connectivity index (χ2v) is 5.60. The monoisotopic (exact) mass is 255 g/mol. The quantitative estimate of drug-likeness (QED) is 0.910. The Kier molecular flexibility index (Phi) is 3.15. The van der Waals surface area contributed by atoms with Gasteiger partial charge in [-0.2, -0.15) is 5.10 Å². The molecule has 1 fully saturated rings. The fraction of sp³-hybridized carbons (Fsp3) is 0.438. The zero-order valence-electron chi connectivity index (χ0n) is 11.9. The zero-order valence-corrected chi connectivity index (χ0v) is 11.9. The van der Waals surface area contributed by atoms with Crippen molar-refractivity contribution in [1.82, 2.24) is 15.1 Å². The smallest absolute Gasteiger partial charge is 0.0651 e. The molecule has 3 heteroatoms. The number of benzene rings is 1. The summed E-state index contributed by atoms with van der Waals surface area (Å²) in [6.07, 6.45) is 2.67. The molecule has 0 saturated heterocycles. The van der Waals surface area contributed by atoms with E-state index in [1.54, 1.807) is 0 Å². The molecule has 0 unspecified atom stereocenters. The summed E-state index contributed by atoms with van der Waals surface area (Å²) in [5, 5.41) is 8.10. The summed E-state index contributed by atoms with van der Waals surface area (Å²) in [6, 6.07) is 9.48. The minimum absolute atomic E-state index is 0.759. The van der Waals surface area contributed by atoms with Crippen LogP contribution in [0.1, 0.15) is 35.4 Å². The molecule has 0 amide bonds. The van der Waals surface area contributed by atoms with E-state index < -0.39 is 0 Å². The van der Waals surface area contributed by atoms with Gasteiger partial charge in [0.1, 0.15) is 0 Å². The first kappa shape index (κ1) is 12.4. The standard InChI is InChI=1S/C16H21N3/c1-11-8-16(19-13(3)9-12(2)18-19)7-4-14(11)10-17-15-5-6-15/h4,7-9,15,17H,5-6,10H2,1-3H3. The van der Waals surface area contributed by atoms with Gasteiger partial charge in [0.25, 0.3) is 0 Å². The summed E-state index contributed by atoms with van der Waals surface area (Å²) in [5.74, 6) is 0. The zero-order chi connectivity index (χ0) is 13.4. The number of aromatic nitrogens is 2. The van der Waals surface area contributed by atoms with Crippen LogP contribution in [0.25, 0.3) is 5.69 Å². The van der Waals surface area contributed by atoms with Crippen LogP contribution in [0.3, 0.4) is 0 Å². The maximum atomic E-state index is 4.54. The lowest BCUT2D eigenvalue weighted by Crippen LogP contribution is -2.16. The molecule has 0 bridgehead atoms. The van der Waals surface area contributed by atoms with E-state index in [-0.39, 0.29) is 0 Å². The molecule has 1 saturated carbocycles. The molecule has 1 aliphatic carbocycles. The number of nitrogens with zero attached hydrogens (tertiary/aromatic N) is 2. The molecule has 1 aromatic heterocycles. The predicted molar refractivity (Wildman–Crippen MR) is 77.6 cm³/mol. The Morgan fingerprint density at radius 1 is 1.21 bits per heavy atom. The van der Waals surface area contributed by atoms with Gasteiger partial charge in [-0.15, -0.1) is 0 Å². The molecule has 100 valence electrons. The van der Waals surface area contributed by atoms with E-state index in [4.69, 9.17) is 0 Å². The second kappa shape index (κ2) is 4.82. The first-order valence-corrected chi connectivity index (χ1v) is 7.00. The van der Waals surface area contributed by atoms with Crippen LogP contribution in [0, 0.1) is 20.8 Å². The number of hydrogen-bond acceptors (Lipinski definition) is 2. The average molecular weight is 255 g/mol. The van der Waals surface area contributed by atoms with E-state index in [1.165, 1.54) is 29.7 Å². The number of nitrogens with one attached hydrogen (secondary N) is 1. The highest BCUT2D eigenvalue weighted by Gasteiger charge is 2.20. The molecular weight excluding hydrogens is 234 g/mol. The van der Waals surface area contributed by atoms with Crippen molar-refractivity contribution in [2.45, 2.75) is 46.2 Å². The number of aryl methyl sites for hydroxylation is 3. The Hall–Kier alpha value is -1.61. The molecule has 0 aliphatic heterocycles. The molecule has 1 aromatic carbocycles. The van der Waals surface area contributed by atoms with Crippen molar-refractivity contribution in [3.8, 4) is 5.69 Å². The number of rotatable bonds is 4. The van der Waals surface area contributed by atoms with Gasteiger partial charge in [0.05, 0.1) is 11.4 Å². The van der Waals surface area contributed by atoms with Crippen molar-refractivity contribution in [1.29, 1.82) is 0 Å². The topological polar surface area (TPSA) is 29.9 Å². The minimum atomic E-state index is 0.759. The van der Waals surface area contributed by atoms with Crippen LogP contribution in [0.2, 0.25) is 0 Å². The van der Waals surface area contributed by atoms with E-state index in [0.717, 1.165) is 24.0 Å². The Morgan fingerprint density at radius 3 is 2.58 bits per heavy atom. The van der Waals surface area contributed by atoms with Crippen LogP contribution in [-0.2, 0) is 6.54 Å². The lowest BCUT2D eigenvalue weighted by atomic mass is 10.1. The maximum Gasteiger partial charge on any atom is 0.0651 e.